The van der Waals surface area contributed by atoms with E-state index in [2.05, 4.69) is 26.0 Å². The van der Waals surface area contributed by atoms with Gasteiger partial charge in [0.05, 0.1) is 10.2 Å². The molecule has 3 aromatic heterocycles. The molecule has 3 aromatic rings. The van der Waals surface area contributed by atoms with Crippen molar-refractivity contribution in [3.63, 3.8) is 0 Å². The van der Waals surface area contributed by atoms with Crippen LogP contribution in [-0.2, 0) is 0 Å². The molecule has 0 unspecified atom stereocenters. The summed E-state index contributed by atoms with van der Waals surface area (Å²) in [6, 6.07) is 6.40. The quantitative estimate of drug-likeness (QED) is 0.735. The Kier molecular flexibility index (Phi) is 4.06. The first kappa shape index (κ1) is 14.4. The zero-order chi connectivity index (χ0) is 15.5. The number of nitrogens with one attached hydrogen (secondary N) is 2. The Hall–Kier alpha value is -2.21. The minimum absolute atomic E-state index is 0.526. The topological polar surface area (TPSA) is 62.7 Å². The van der Waals surface area contributed by atoms with Crippen molar-refractivity contribution in [1.29, 1.82) is 0 Å². The van der Waals surface area contributed by atoms with Crippen LogP contribution in [0.3, 0.4) is 0 Å². The number of thiophene rings is 1. The average Bonchev–Trinajstić information content (AvgIpc) is 3.05. The summed E-state index contributed by atoms with van der Waals surface area (Å²) in [5.41, 5.74) is 1.93. The fourth-order valence-electron chi connectivity index (χ4n) is 3.02. The minimum atomic E-state index is 0.526. The van der Waals surface area contributed by atoms with Crippen LogP contribution >= 0.6 is 11.3 Å². The smallest absolute Gasteiger partial charge is 0.229 e. The highest BCUT2D eigenvalue weighted by Crippen LogP contribution is 2.30. The zero-order valence-corrected chi connectivity index (χ0v) is 13.6. The molecule has 1 fully saturated rings. The highest BCUT2D eigenvalue weighted by molar-refractivity contribution is 7.17. The summed E-state index contributed by atoms with van der Waals surface area (Å²) in [5.74, 6) is 1.58. The van der Waals surface area contributed by atoms with Crippen molar-refractivity contribution >= 4 is 39.0 Å². The average molecular weight is 325 g/mol. The van der Waals surface area contributed by atoms with E-state index in [0.29, 0.717) is 12.0 Å². The van der Waals surface area contributed by atoms with Gasteiger partial charge in [-0.05, 0) is 36.4 Å². The maximum Gasteiger partial charge on any atom is 0.229 e. The molecule has 0 radical (unpaired) electrons. The number of aromatic nitrogens is 3. The summed E-state index contributed by atoms with van der Waals surface area (Å²) >= 11 is 1.69. The van der Waals surface area contributed by atoms with Gasteiger partial charge in [-0.2, -0.15) is 4.98 Å². The summed E-state index contributed by atoms with van der Waals surface area (Å²) < 4.78 is 1.14. The zero-order valence-electron chi connectivity index (χ0n) is 12.8. The number of fused-ring (bicyclic) bond motifs is 1. The Labute approximate surface area is 139 Å². The molecule has 0 bridgehead atoms. The number of anilines is 3. The van der Waals surface area contributed by atoms with Crippen LogP contribution in [0.4, 0.5) is 17.5 Å². The van der Waals surface area contributed by atoms with Crippen LogP contribution in [0.5, 0.6) is 0 Å². The second-order valence-electron chi connectivity index (χ2n) is 5.87. The predicted molar refractivity (Wildman–Crippen MR) is 95.4 cm³/mol. The maximum absolute atomic E-state index is 4.72. The highest BCUT2D eigenvalue weighted by Gasteiger charge is 2.16. The molecule has 0 amide bonds. The minimum Gasteiger partial charge on any atom is -0.366 e. The standard InChI is InChI=1S/C17H19N5S/c1-2-4-12(5-3-1)19-16-15-14(8-11-23-15)21-17(22-16)20-13-6-9-18-10-7-13/h6-12H,1-5H2,(H2,18,19,20,21,22). The second-order valence-corrected chi connectivity index (χ2v) is 6.79. The Bertz CT molecular complexity index is 780. The lowest BCUT2D eigenvalue weighted by atomic mass is 9.95. The Morgan fingerprint density at radius 2 is 1.83 bits per heavy atom. The van der Waals surface area contributed by atoms with E-state index in [1.54, 1.807) is 23.7 Å². The first-order valence-electron chi connectivity index (χ1n) is 8.07. The van der Waals surface area contributed by atoms with Crippen molar-refractivity contribution in [2.45, 2.75) is 38.1 Å². The molecule has 0 aromatic carbocycles. The van der Waals surface area contributed by atoms with E-state index in [9.17, 15) is 0 Å². The lowest BCUT2D eigenvalue weighted by molar-refractivity contribution is 0.462. The largest absolute Gasteiger partial charge is 0.366 e. The van der Waals surface area contributed by atoms with Gasteiger partial charge in [-0.1, -0.05) is 19.3 Å². The third-order valence-electron chi connectivity index (χ3n) is 4.19. The van der Waals surface area contributed by atoms with Crippen LogP contribution in [0.15, 0.2) is 36.0 Å². The lowest BCUT2D eigenvalue weighted by Crippen LogP contribution is -2.23. The molecule has 0 saturated heterocycles. The van der Waals surface area contributed by atoms with Gasteiger partial charge in [0.2, 0.25) is 5.95 Å². The molecule has 0 atom stereocenters. The highest BCUT2D eigenvalue weighted by atomic mass is 32.1. The van der Waals surface area contributed by atoms with Gasteiger partial charge >= 0.3 is 0 Å². The number of pyridine rings is 1. The van der Waals surface area contributed by atoms with E-state index in [4.69, 9.17) is 4.98 Å². The maximum atomic E-state index is 4.72. The van der Waals surface area contributed by atoms with Gasteiger partial charge in [-0.25, -0.2) is 4.98 Å². The third-order valence-corrected chi connectivity index (χ3v) is 5.10. The SMILES string of the molecule is c1cc(Nc2nc(NC3CCCCC3)c3sccc3n2)ccn1. The summed E-state index contributed by atoms with van der Waals surface area (Å²) in [4.78, 5) is 13.4. The van der Waals surface area contributed by atoms with Crippen molar-refractivity contribution in [2.24, 2.45) is 0 Å². The van der Waals surface area contributed by atoms with Crippen molar-refractivity contribution in [2.75, 3.05) is 10.6 Å². The number of hydrogen-bond acceptors (Lipinski definition) is 6. The van der Waals surface area contributed by atoms with E-state index in [1.807, 2.05) is 18.2 Å². The molecule has 3 heterocycles. The van der Waals surface area contributed by atoms with Crippen molar-refractivity contribution < 1.29 is 0 Å². The van der Waals surface area contributed by atoms with Crippen molar-refractivity contribution in [3.05, 3.63) is 36.0 Å². The molecule has 118 valence electrons. The van der Waals surface area contributed by atoms with Crippen LogP contribution in [0.2, 0.25) is 0 Å². The van der Waals surface area contributed by atoms with Gasteiger partial charge < -0.3 is 10.6 Å². The first-order valence-corrected chi connectivity index (χ1v) is 8.95. The van der Waals surface area contributed by atoms with Gasteiger partial charge in [0.25, 0.3) is 0 Å². The normalized spacial score (nSPS) is 15.7. The molecule has 23 heavy (non-hydrogen) atoms. The molecule has 1 aliphatic carbocycles. The molecule has 0 spiro atoms. The van der Waals surface area contributed by atoms with Gasteiger partial charge in [0, 0.05) is 24.1 Å². The molecule has 5 nitrogen and oxygen atoms in total. The van der Waals surface area contributed by atoms with E-state index in [1.165, 1.54) is 32.1 Å². The molecule has 4 rings (SSSR count). The monoisotopic (exact) mass is 325 g/mol. The molecular formula is C17H19N5S. The molecular weight excluding hydrogens is 306 g/mol. The molecule has 6 heteroatoms. The molecule has 2 N–H and O–H groups in total. The van der Waals surface area contributed by atoms with Crippen LogP contribution in [0.25, 0.3) is 10.2 Å². The van der Waals surface area contributed by atoms with Crippen LogP contribution < -0.4 is 10.6 Å². The van der Waals surface area contributed by atoms with Crippen LogP contribution in [0, 0.1) is 0 Å². The van der Waals surface area contributed by atoms with Gasteiger partial charge in [-0.15, -0.1) is 11.3 Å². The third kappa shape index (κ3) is 3.27. The lowest BCUT2D eigenvalue weighted by Gasteiger charge is -2.23. The number of nitrogens with zero attached hydrogens (tertiary/aromatic N) is 3. The Balaban J connectivity index is 1.64. The number of hydrogen-bond donors (Lipinski definition) is 2. The number of rotatable bonds is 4. The Morgan fingerprint density at radius 3 is 2.65 bits per heavy atom. The van der Waals surface area contributed by atoms with Gasteiger partial charge in [0.1, 0.15) is 5.82 Å². The van der Waals surface area contributed by atoms with E-state index in [0.717, 1.165) is 21.7 Å². The predicted octanol–water partition coefficient (Wildman–Crippen LogP) is 4.57. The fraction of sp³-hybridized carbons (Fsp3) is 0.353. The fourth-order valence-corrected chi connectivity index (χ4v) is 3.81. The summed E-state index contributed by atoms with van der Waals surface area (Å²) in [7, 11) is 0. The summed E-state index contributed by atoms with van der Waals surface area (Å²) in [5, 5.41) is 8.98. The van der Waals surface area contributed by atoms with Crippen molar-refractivity contribution in [1.82, 2.24) is 15.0 Å². The summed E-state index contributed by atoms with van der Waals surface area (Å²) in [6.45, 7) is 0. The van der Waals surface area contributed by atoms with Gasteiger partial charge in [-0.3, -0.25) is 4.98 Å². The summed E-state index contributed by atoms with van der Waals surface area (Å²) in [6.07, 6.45) is 9.93. The first-order chi connectivity index (χ1) is 11.4. The molecule has 1 saturated carbocycles. The molecule has 1 aliphatic rings. The van der Waals surface area contributed by atoms with E-state index < -0.39 is 0 Å². The van der Waals surface area contributed by atoms with Crippen LogP contribution in [0.1, 0.15) is 32.1 Å². The van der Waals surface area contributed by atoms with E-state index >= 15 is 0 Å². The second kappa shape index (κ2) is 6.50. The Morgan fingerprint density at radius 1 is 1.00 bits per heavy atom. The molecule has 0 aliphatic heterocycles. The van der Waals surface area contributed by atoms with Gasteiger partial charge in [0.15, 0.2) is 0 Å². The van der Waals surface area contributed by atoms with Crippen LogP contribution in [-0.4, -0.2) is 21.0 Å². The van der Waals surface area contributed by atoms with Crippen molar-refractivity contribution in [3.8, 4) is 0 Å². The van der Waals surface area contributed by atoms with E-state index in [-0.39, 0.29) is 0 Å².